The SMILES string of the molecule is CC(C)N1CCC(=NNS(=O)(=O)c2ccc(Cl)cc2)CC1. The first-order valence-electron chi connectivity index (χ1n) is 6.95. The molecule has 1 fully saturated rings. The summed E-state index contributed by atoms with van der Waals surface area (Å²) in [6.07, 6.45) is 1.59. The molecule has 1 aliphatic rings. The molecular weight excluding hydrogens is 310 g/mol. The predicted molar refractivity (Wildman–Crippen MR) is 85.2 cm³/mol. The van der Waals surface area contributed by atoms with E-state index in [1.807, 2.05) is 0 Å². The molecule has 1 aliphatic heterocycles. The third kappa shape index (κ3) is 4.43. The molecule has 5 nitrogen and oxygen atoms in total. The van der Waals surface area contributed by atoms with Crippen LogP contribution >= 0.6 is 11.6 Å². The van der Waals surface area contributed by atoms with Gasteiger partial charge in [0.25, 0.3) is 10.0 Å². The minimum atomic E-state index is -3.62. The fourth-order valence-electron chi connectivity index (χ4n) is 2.20. The van der Waals surface area contributed by atoms with Gasteiger partial charge in [0, 0.05) is 42.7 Å². The second kappa shape index (κ2) is 6.77. The van der Waals surface area contributed by atoms with Gasteiger partial charge in [-0.3, -0.25) is 0 Å². The molecule has 21 heavy (non-hydrogen) atoms. The smallest absolute Gasteiger partial charge is 0.276 e. The topological polar surface area (TPSA) is 61.8 Å². The van der Waals surface area contributed by atoms with Crippen molar-refractivity contribution in [1.29, 1.82) is 0 Å². The Morgan fingerprint density at radius 3 is 2.29 bits per heavy atom. The van der Waals surface area contributed by atoms with Gasteiger partial charge in [-0.1, -0.05) is 11.6 Å². The van der Waals surface area contributed by atoms with E-state index in [0.717, 1.165) is 31.6 Å². The van der Waals surface area contributed by atoms with Gasteiger partial charge in [-0.25, -0.2) is 4.83 Å². The number of piperidine rings is 1. The van der Waals surface area contributed by atoms with Gasteiger partial charge in [-0.15, -0.1) is 0 Å². The van der Waals surface area contributed by atoms with Crippen LogP contribution in [0.5, 0.6) is 0 Å². The van der Waals surface area contributed by atoms with Crippen molar-refractivity contribution in [2.24, 2.45) is 5.10 Å². The Hall–Kier alpha value is -1.11. The normalized spacial score (nSPS) is 17.0. The highest BCUT2D eigenvalue weighted by Gasteiger charge is 2.18. The molecule has 0 unspecified atom stereocenters. The zero-order chi connectivity index (χ0) is 15.5. The Morgan fingerprint density at radius 2 is 1.76 bits per heavy atom. The van der Waals surface area contributed by atoms with Crippen LogP contribution in [0.2, 0.25) is 5.02 Å². The number of hydrazone groups is 1. The summed E-state index contributed by atoms with van der Waals surface area (Å²) in [6, 6.07) is 6.53. The average molecular weight is 330 g/mol. The molecule has 1 saturated heterocycles. The van der Waals surface area contributed by atoms with E-state index < -0.39 is 10.0 Å². The summed E-state index contributed by atoms with van der Waals surface area (Å²) in [7, 11) is -3.62. The van der Waals surface area contributed by atoms with Crippen LogP contribution in [0.15, 0.2) is 34.3 Å². The number of benzene rings is 1. The van der Waals surface area contributed by atoms with Gasteiger partial charge in [-0.2, -0.15) is 13.5 Å². The van der Waals surface area contributed by atoms with E-state index in [0.29, 0.717) is 11.1 Å². The molecule has 0 aliphatic carbocycles. The molecule has 0 saturated carbocycles. The third-order valence-electron chi connectivity index (χ3n) is 3.55. The molecule has 0 bridgehead atoms. The first kappa shape index (κ1) is 16.3. The Bertz CT molecular complexity index is 602. The van der Waals surface area contributed by atoms with Crippen molar-refractivity contribution in [2.45, 2.75) is 37.6 Å². The lowest BCUT2D eigenvalue weighted by atomic mass is 10.1. The van der Waals surface area contributed by atoms with E-state index in [1.165, 1.54) is 12.1 Å². The summed E-state index contributed by atoms with van der Waals surface area (Å²) >= 11 is 5.75. The van der Waals surface area contributed by atoms with Crippen molar-refractivity contribution in [2.75, 3.05) is 13.1 Å². The maximum Gasteiger partial charge on any atom is 0.276 e. The van der Waals surface area contributed by atoms with Crippen LogP contribution in [0, 0.1) is 0 Å². The quantitative estimate of drug-likeness (QED) is 0.863. The number of likely N-dealkylation sites (tertiary alicyclic amines) is 1. The Labute approximate surface area is 131 Å². The zero-order valence-electron chi connectivity index (χ0n) is 12.2. The standard InChI is InChI=1S/C14H20ClN3O2S/c1-11(2)18-9-7-13(8-10-18)16-17-21(19,20)14-5-3-12(15)4-6-14/h3-6,11,17H,7-10H2,1-2H3. The number of halogens is 1. The minimum absolute atomic E-state index is 0.163. The molecule has 1 heterocycles. The maximum absolute atomic E-state index is 12.1. The van der Waals surface area contributed by atoms with Crippen LogP contribution in [0.3, 0.4) is 0 Å². The Balaban J connectivity index is 1.99. The van der Waals surface area contributed by atoms with Crippen LogP contribution in [-0.4, -0.2) is 38.2 Å². The van der Waals surface area contributed by atoms with Crippen LogP contribution in [-0.2, 0) is 10.0 Å². The summed E-state index contributed by atoms with van der Waals surface area (Å²) in [5, 5.41) is 4.57. The molecule has 0 spiro atoms. The molecule has 0 amide bonds. The molecule has 1 N–H and O–H groups in total. The minimum Gasteiger partial charge on any atom is -0.300 e. The molecule has 116 valence electrons. The second-order valence-corrected chi connectivity index (χ2v) is 7.45. The fraction of sp³-hybridized carbons (Fsp3) is 0.500. The second-order valence-electron chi connectivity index (χ2n) is 5.36. The maximum atomic E-state index is 12.1. The molecule has 7 heteroatoms. The van der Waals surface area contributed by atoms with Crippen molar-refractivity contribution in [3.8, 4) is 0 Å². The van der Waals surface area contributed by atoms with E-state index >= 15 is 0 Å². The molecule has 0 radical (unpaired) electrons. The monoisotopic (exact) mass is 329 g/mol. The van der Waals surface area contributed by atoms with Crippen molar-refractivity contribution in [3.05, 3.63) is 29.3 Å². The summed E-state index contributed by atoms with van der Waals surface area (Å²) in [5.74, 6) is 0. The van der Waals surface area contributed by atoms with Gasteiger partial charge in [0.05, 0.1) is 4.90 Å². The van der Waals surface area contributed by atoms with Crippen LogP contribution in [0.25, 0.3) is 0 Å². The lowest BCUT2D eigenvalue weighted by Gasteiger charge is -2.30. The van der Waals surface area contributed by atoms with Gasteiger partial charge >= 0.3 is 0 Å². The number of hydrogen-bond donors (Lipinski definition) is 1. The lowest BCUT2D eigenvalue weighted by Crippen LogP contribution is -2.39. The fourth-order valence-corrected chi connectivity index (χ4v) is 3.18. The van der Waals surface area contributed by atoms with Crippen LogP contribution in [0.4, 0.5) is 0 Å². The van der Waals surface area contributed by atoms with E-state index in [4.69, 9.17) is 11.6 Å². The first-order chi connectivity index (χ1) is 9.88. The van der Waals surface area contributed by atoms with Crippen molar-refractivity contribution in [1.82, 2.24) is 9.73 Å². The lowest BCUT2D eigenvalue weighted by molar-refractivity contribution is 0.222. The summed E-state index contributed by atoms with van der Waals surface area (Å²) < 4.78 is 24.2. The van der Waals surface area contributed by atoms with Crippen LogP contribution < -0.4 is 4.83 Å². The van der Waals surface area contributed by atoms with Gasteiger partial charge < -0.3 is 4.90 Å². The van der Waals surface area contributed by atoms with Gasteiger partial charge in [0.15, 0.2) is 0 Å². The predicted octanol–water partition coefficient (Wildman–Crippen LogP) is 2.48. The summed E-state index contributed by atoms with van der Waals surface area (Å²) in [6.45, 7) is 6.15. The number of rotatable bonds is 4. The summed E-state index contributed by atoms with van der Waals surface area (Å²) in [5.41, 5.74) is 0.893. The Morgan fingerprint density at radius 1 is 1.19 bits per heavy atom. The van der Waals surface area contributed by atoms with E-state index in [2.05, 4.69) is 28.7 Å². The number of nitrogens with zero attached hydrogens (tertiary/aromatic N) is 2. The highest BCUT2D eigenvalue weighted by molar-refractivity contribution is 7.89. The highest BCUT2D eigenvalue weighted by Crippen LogP contribution is 2.14. The van der Waals surface area contributed by atoms with Crippen LogP contribution in [0.1, 0.15) is 26.7 Å². The molecule has 1 aromatic rings. The first-order valence-corrected chi connectivity index (χ1v) is 8.81. The van der Waals surface area contributed by atoms with Crippen molar-refractivity contribution in [3.63, 3.8) is 0 Å². The third-order valence-corrected chi connectivity index (χ3v) is 5.03. The zero-order valence-corrected chi connectivity index (χ0v) is 13.8. The number of sulfonamides is 1. The summed E-state index contributed by atoms with van der Waals surface area (Å²) in [4.78, 5) is 4.82. The molecule has 0 atom stereocenters. The molecule has 1 aromatic carbocycles. The van der Waals surface area contributed by atoms with Crippen molar-refractivity contribution >= 4 is 27.3 Å². The van der Waals surface area contributed by atoms with E-state index in [1.54, 1.807) is 12.1 Å². The van der Waals surface area contributed by atoms with Gasteiger partial charge in [0.1, 0.15) is 0 Å². The van der Waals surface area contributed by atoms with E-state index in [-0.39, 0.29) is 4.90 Å². The highest BCUT2D eigenvalue weighted by atomic mass is 35.5. The van der Waals surface area contributed by atoms with Gasteiger partial charge in [-0.05, 0) is 38.1 Å². The number of nitrogens with one attached hydrogen (secondary N) is 1. The average Bonchev–Trinajstić information content (AvgIpc) is 2.46. The largest absolute Gasteiger partial charge is 0.300 e. The van der Waals surface area contributed by atoms with Gasteiger partial charge in [0.2, 0.25) is 0 Å². The number of hydrogen-bond acceptors (Lipinski definition) is 4. The van der Waals surface area contributed by atoms with Crippen molar-refractivity contribution < 1.29 is 8.42 Å². The molecule has 0 aromatic heterocycles. The Kier molecular flexibility index (Phi) is 5.24. The van der Waals surface area contributed by atoms with E-state index in [9.17, 15) is 8.42 Å². The molecule has 2 rings (SSSR count). The molecular formula is C14H20ClN3O2S.